The van der Waals surface area contributed by atoms with Crippen LogP contribution in [-0.4, -0.2) is 30.1 Å². The zero-order chi connectivity index (χ0) is 24.6. The lowest BCUT2D eigenvalue weighted by molar-refractivity contribution is -0.139. The maximum absolute atomic E-state index is 13.1. The van der Waals surface area contributed by atoms with Crippen molar-refractivity contribution in [2.75, 3.05) is 13.2 Å². The van der Waals surface area contributed by atoms with Crippen molar-refractivity contribution in [1.82, 2.24) is 4.90 Å². The minimum absolute atomic E-state index is 0.243. The van der Waals surface area contributed by atoms with Crippen molar-refractivity contribution >= 4 is 11.9 Å². The molecule has 0 saturated carbocycles. The first kappa shape index (κ1) is 24.0. The van der Waals surface area contributed by atoms with Crippen molar-refractivity contribution in [3.05, 3.63) is 120 Å². The van der Waals surface area contributed by atoms with Gasteiger partial charge in [-0.3, -0.25) is 0 Å². The number of benzene rings is 3. The second kappa shape index (κ2) is 11.3. The molecule has 0 aliphatic carbocycles. The number of hydrogen-bond donors (Lipinski definition) is 0. The highest BCUT2D eigenvalue weighted by Gasteiger charge is 2.35. The lowest BCUT2D eigenvalue weighted by Gasteiger charge is -2.30. The van der Waals surface area contributed by atoms with E-state index in [2.05, 4.69) is 0 Å². The summed E-state index contributed by atoms with van der Waals surface area (Å²) in [7, 11) is 0. The highest BCUT2D eigenvalue weighted by atomic mass is 16.5. The molecular formula is C30H29NO4. The van der Waals surface area contributed by atoms with Gasteiger partial charge in [0.1, 0.15) is 0 Å². The van der Waals surface area contributed by atoms with Gasteiger partial charge in [0.2, 0.25) is 0 Å². The highest BCUT2D eigenvalue weighted by molar-refractivity contribution is 5.98. The van der Waals surface area contributed by atoms with Crippen LogP contribution in [-0.2, 0) is 25.6 Å². The Hall–Kier alpha value is -4.12. The number of esters is 2. The topological polar surface area (TPSA) is 55.8 Å². The Labute approximate surface area is 206 Å². The van der Waals surface area contributed by atoms with Crippen LogP contribution in [0.5, 0.6) is 0 Å². The summed E-state index contributed by atoms with van der Waals surface area (Å²) in [4.78, 5) is 28.0. The quantitative estimate of drug-likeness (QED) is 0.389. The molecule has 0 aromatic heterocycles. The smallest absolute Gasteiger partial charge is 0.336 e. The summed E-state index contributed by atoms with van der Waals surface area (Å²) in [6.07, 6.45) is 3.56. The Morgan fingerprint density at radius 3 is 1.69 bits per heavy atom. The molecule has 0 N–H and O–H groups in total. The molecule has 0 spiro atoms. The summed E-state index contributed by atoms with van der Waals surface area (Å²) in [5.41, 5.74) is 4.83. The molecule has 5 heteroatoms. The molecule has 3 aromatic carbocycles. The van der Waals surface area contributed by atoms with E-state index in [-0.39, 0.29) is 13.2 Å². The van der Waals surface area contributed by atoms with E-state index in [9.17, 15) is 9.59 Å². The molecule has 3 aromatic rings. The van der Waals surface area contributed by atoms with Crippen molar-refractivity contribution < 1.29 is 19.1 Å². The summed E-state index contributed by atoms with van der Waals surface area (Å²) in [5, 5.41) is 0. The van der Waals surface area contributed by atoms with Crippen molar-refractivity contribution in [2.45, 2.75) is 26.3 Å². The average Bonchev–Trinajstić information content (AvgIpc) is 2.90. The van der Waals surface area contributed by atoms with Gasteiger partial charge in [0.25, 0.3) is 0 Å². The molecule has 35 heavy (non-hydrogen) atoms. The fourth-order valence-electron chi connectivity index (χ4n) is 4.22. The van der Waals surface area contributed by atoms with Gasteiger partial charge in [0.05, 0.1) is 30.3 Å². The molecule has 0 fully saturated rings. The van der Waals surface area contributed by atoms with Crippen LogP contribution in [0.25, 0.3) is 11.1 Å². The van der Waals surface area contributed by atoms with Gasteiger partial charge in [0.15, 0.2) is 0 Å². The monoisotopic (exact) mass is 467 g/mol. The van der Waals surface area contributed by atoms with E-state index in [0.29, 0.717) is 17.7 Å². The summed E-state index contributed by atoms with van der Waals surface area (Å²) in [6.45, 7) is 4.54. The number of rotatable bonds is 8. The molecule has 0 atom stereocenters. The molecular weight excluding hydrogens is 438 g/mol. The van der Waals surface area contributed by atoms with E-state index in [4.69, 9.17) is 9.47 Å². The van der Waals surface area contributed by atoms with Crippen molar-refractivity contribution in [3.63, 3.8) is 0 Å². The zero-order valence-corrected chi connectivity index (χ0v) is 20.0. The Kier molecular flexibility index (Phi) is 7.78. The molecule has 1 aliphatic heterocycles. The average molecular weight is 468 g/mol. The third-order valence-electron chi connectivity index (χ3n) is 5.81. The van der Waals surface area contributed by atoms with E-state index >= 15 is 0 Å². The van der Waals surface area contributed by atoms with Crippen molar-refractivity contribution in [3.8, 4) is 11.1 Å². The van der Waals surface area contributed by atoms with Gasteiger partial charge < -0.3 is 14.4 Å². The van der Waals surface area contributed by atoms with Crippen LogP contribution in [0.4, 0.5) is 0 Å². The molecule has 1 heterocycles. The number of hydrogen-bond acceptors (Lipinski definition) is 5. The summed E-state index contributed by atoms with van der Waals surface area (Å²) in [5.74, 6) is -1.49. The number of ether oxygens (including phenoxy) is 2. The van der Waals surface area contributed by atoms with E-state index in [1.165, 1.54) is 0 Å². The minimum atomic E-state index is -0.593. The first-order chi connectivity index (χ1) is 17.1. The lowest BCUT2D eigenvalue weighted by atomic mass is 9.82. The van der Waals surface area contributed by atoms with Gasteiger partial charge in [0, 0.05) is 18.9 Å². The van der Waals surface area contributed by atoms with Gasteiger partial charge in [-0.05, 0) is 36.1 Å². The Bertz CT molecular complexity index is 1180. The second-order valence-electron chi connectivity index (χ2n) is 8.19. The fraction of sp³-hybridized carbons (Fsp3) is 0.200. The van der Waals surface area contributed by atoms with Crippen LogP contribution in [0.2, 0.25) is 0 Å². The predicted molar refractivity (Wildman–Crippen MR) is 136 cm³/mol. The molecule has 0 bridgehead atoms. The van der Waals surface area contributed by atoms with Gasteiger partial charge in [-0.25, -0.2) is 9.59 Å². The minimum Gasteiger partial charge on any atom is -0.463 e. The standard InChI is InChI=1S/C30H29NO4/c1-3-34-29(32)26-20-31(19-22-11-7-5-8-12-22)21-27(30(33)35-4-2)28(26)25-17-15-24(16-18-25)23-13-9-6-10-14-23/h5-18,20-21,28H,3-4,19H2,1-2H3. The van der Waals surface area contributed by atoms with Gasteiger partial charge in [-0.15, -0.1) is 0 Å². The maximum atomic E-state index is 13.1. The molecule has 0 unspecified atom stereocenters. The SMILES string of the molecule is CCOC(=O)C1=CN(Cc2ccccc2)C=C(C(=O)OCC)C1c1ccc(-c2ccccc2)cc1. The van der Waals surface area contributed by atoms with Crippen LogP contribution < -0.4 is 0 Å². The molecule has 178 valence electrons. The first-order valence-corrected chi connectivity index (χ1v) is 11.8. The van der Waals surface area contributed by atoms with E-state index in [0.717, 1.165) is 22.3 Å². The fourth-order valence-corrected chi connectivity index (χ4v) is 4.22. The lowest BCUT2D eigenvalue weighted by Crippen LogP contribution is -2.29. The largest absolute Gasteiger partial charge is 0.463 e. The second-order valence-corrected chi connectivity index (χ2v) is 8.19. The van der Waals surface area contributed by atoms with Gasteiger partial charge >= 0.3 is 11.9 Å². The Morgan fingerprint density at radius 2 is 1.17 bits per heavy atom. The van der Waals surface area contributed by atoms with E-state index in [1.807, 2.05) is 89.8 Å². The number of carbonyl (C=O) groups is 2. The van der Waals surface area contributed by atoms with E-state index < -0.39 is 17.9 Å². The molecule has 1 aliphatic rings. The summed E-state index contributed by atoms with van der Waals surface area (Å²) < 4.78 is 10.8. The van der Waals surface area contributed by atoms with Gasteiger partial charge in [-0.1, -0.05) is 84.9 Å². The normalized spacial score (nSPS) is 13.6. The molecule has 0 amide bonds. The summed E-state index contributed by atoms with van der Waals surface area (Å²) in [6, 6.07) is 27.9. The third-order valence-corrected chi connectivity index (χ3v) is 5.81. The highest BCUT2D eigenvalue weighted by Crippen LogP contribution is 2.38. The molecule has 0 radical (unpaired) electrons. The van der Waals surface area contributed by atoms with Crippen LogP contribution in [0.15, 0.2) is 108 Å². The van der Waals surface area contributed by atoms with Crippen molar-refractivity contribution in [2.24, 2.45) is 0 Å². The predicted octanol–water partition coefficient (Wildman–Crippen LogP) is 5.85. The van der Waals surface area contributed by atoms with E-state index in [1.54, 1.807) is 26.2 Å². The number of nitrogens with zero attached hydrogens (tertiary/aromatic N) is 1. The molecule has 4 rings (SSSR count). The third kappa shape index (κ3) is 5.69. The first-order valence-electron chi connectivity index (χ1n) is 11.8. The van der Waals surface area contributed by atoms with Crippen LogP contribution in [0.1, 0.15) is 30.9 Å². The maximum Gasteiger partial charge on any atom is 0.336 e. The Morgan fingerprint density at radius 1 is 0.686 bits per heavy atom. The van der Waals surface area contributed by atoms with Gasteiger partial charge in [-0.2, -0.15) is 0 Å². The zero-order valence-electron chi connectivity index (χ0n) is 20.0. The van der Waals surface area contributed by atoms with Crippen LogP contribution in [0.3, 0.4) is 0 Å². The van der Waals surface area contributed by atoms with Crippen LogP contribution >= 0.6 is 0 Å². The molecule has 5 nitrogen and oxygen atoms in total. The molecule has 0 saturated heterocycles. The summed E-state index contributed by atoms with van der Waals surface area (Å²) >= 11 is 0. The number of carbonyl (C=O) groups excluding carboxylic acids is 2. The van der Waals surface area contributed by atoms with Crippen LogP contribution in [0, 0.1) is 0 Å². The van der Waals surface area contributed by atoms with Crippen molar-refractivity contribution in [1.29, 1.82) is 0 Å². The Balaban J connectivity index is 1.75.